The predicted molar refractivity (Wildman–Crippen MR) is 65.0 cm³/mol. The van der Waals surface area contributed by atoms with E-state index in [4.69, 9.17) is 16.2 Å². The van der Waals surface area contributed by atoms with E-state index < -0.39 is 11.6 Å². The molecule has 0 unspecified atom stereocenters. The van der Waals surface area contributed by atoms with E-state index in [1.807, 2.05) is 6.07 Å². The summed E-state index contributed by atoms with van der Waals surface area (Å²) in [4.78, 5) is 11.8. The SMILES string of the molecule is NC1(N)C=CC(C(=O)Oc2ccccc2)=CC1. The van der Waals surface area contributed by atoms with E-state index in [0.717, 1.165) is 0 Å². The zero-order valence-electron chi connectivity index (χ0n) is 9.30. The van der Waals surface area contributed by atoms with Crippen molar-refractivity contribution in [3.05, 3.63) is 54.1 Å². The summed E-state index contributed by atoms with van der Waals surface area (Å²) in [5.41, 5.74) is 11.0. The fourth-order valence-corrected chi connectivity index (χ4v) is 1.47. The van der Waals surface area contributed by atoms with Crippen LogP contribution < -0.4 is 16.2 Å². The average molecular weight is 230 g/mol. The molecular formula is C13H14N2O2. The third kappa shape index (κ3) is 3.03. The van der Waals surface area contributed by atoms with E-state index in [1.165, 1.54) is 0 Å². The van der Waals surface area contributed by atoms with Crippen molar-refractivity contribution in [1.29, 1.82) is 0 Å². The quantitative estimate of drug-likeness (QED) is 0.453. The number of hydrogen-bond acceptors (Lipinski definition) is 4. The summed E-state index contributed by atoms with van der Waals surface area (Å²) in [6, 6.07) is 8.91. The highest BCUT2D eigenvalue weighted by Gasteiger charge is 2.20. The average Bonchev–Trinajstić information content (AvgIpc) is 2.30. The molecule has 0 amide bonds. The number of ether oxygens (including phenoxy) is 1. The molecule has 0 aromatic heterocycles. The van der Waals surface area contributed by atoms with Crippen LogP contribution in [0.1, 0.15) is 6.42 Å². The number of carbonyl (C=O) groups excluding carboxylic acids is 1. The number of rotatable bonds is 2. The molecule has 0 saturated carbocycles. The zero-order valence-corrected chi connectivity index (χ0v) is 9.30. The second-order valence-corrected chi connectivity index (χ2v) is 4.01. The van der Waals surface area contributed by atoms with Gasteiger partial charge in [-0.3, -0.25) is 0 Å². The van der Waals surface area contributed by atoms with E-state index in [1.54, 1.807) is 42.5 Å². The Morgan fingerprint density at radius 1 is 1.24 bits per heavy atom. The molecule has 0 heterocycles. The summed E-state index contributed by atoms with van der Waals surface area (Å²) in [6.07, 6.45) is 5.30. The minimum atomic E-state index is -0.865. The molecule has 4 N–H and O–H groups in total. The lowest BCUT2D eigenvalue weighted by Crippen LogP contribution is -2.47. The number of carbonyl (C=O) groups is 1. The van der Waals surface area contributed by atoms with Crippen molar-refractivity contribution < 1.29 is 9.53 Å². The van der Waals surface area contributed by atoms with Crippen LogP contribution in [0.5, 0.6) is 5.75 Å². The predicted octanol–water partition coefficient (Wildman–Crippen LogP) is 1.09. The van der Waals surface area contributed by atoms with Gasteiger partial charge in [-0.2, -0.15) is 0 Å². The van der Waals surface area contributed by atoms with Crippen molar-refractivity contribution >= 4 is 5.97 Å². The molecule has 0 fully saturated rings. The first kappa shape index (κ1) is 11.6. The number of benzene rings is 1. The van der Waals surface area contributed by atoms with Crippen LogP contribution in [0.3, 0.4) is 0 Å². The highest BCUT2D eigenvalue weighted by molar-refractivity contribution is 5.93. The molecule has 1 aromatic rings. The van der Waals surface area contributed by atoms with E-state index in [-0.39, 0.29) is 0 Å². The minimum Gasteiger partial charge on any atom is -0.423 e. The molecule has 0 radical (unpaired) electrons. The normalized spacial score (nSPS) is 17.4. The Balaban J connectivity index is 2.04. The summed E-state index contributed by atoms with van der Waals surface area (Å²) < 4.78 is 5.18. The summed E-state index contributed by atoms with van der Waals surface area (Å²) in [5, 5.41) is 0. The van der Waals surface area contributed by atoms with Crippen molar-refractivity contribution in [3.63, 3.8) is 0 Å². The van der Waals surface area contributed by atoms with Gasteiger partial charge in [0.05, 0.1) is 11.2 Å². The highest BCUT2D eigenvalue weighted by atomic mass is 16.5. The second kappa shape index (κ2) is 4.53. The molecular weight excluding hydrogens is 216 g/mol. The van der Waals surface area contributed by atoms with E-state index in [0.29, 0.717) is 17.7 Å². The molecule has 1 aliphatic rings. The number of hydrogen-bond donors (Lipinski definition) is 2. The summed E-state index contributed by atoms with van der Waals surface area (Å²) in [5.74, 6) is 0.118. The monoisotopic (exact) mass is 230 g/mol. The maximum absolute atomic E-state index is 11.8. The van der Waals surface area contributed by atoms with Crippen LogP contribution in [-0.4, -0.2) is 11.6 Å². The van der Waals surface area contributed by atoms with Gasteiger partial charge >= 0.3 is 5.97 Å². The van der Waals surface area contributed by atoms with Crippen LogP contribution in [0.2, 0.25) is 0 Å². The number of esters is 1. The second-order valence-electron chi connectivity index (χ2n) is 4.01. The summed E-state index contributed by atoms with van der Waals surface area (Å²) in [7, 11) is 0. The first-order valence-electron chi connectivity index (χ1n) is 5.31. The molecule has 0 bridgehead atoms. The largest absolute Gasteiger partial charge is 0.423 e. The van der Waals surface area contributed by atoms with Crippen LogP contribution in [0.25, 0.3) is 0 Å². The van der Waals surface area contributed by atoms with Gasteiger partial charge in [-0.25, -0.2) is 4.79 Å². The Labute approximate surface area is 99.6 Å². The van der Waals surface area contributed by atoms with Crippen molar-refractivity contribution in [2.24, 2.45) is 11.5 Å². The molecule has 0 spiro atoms. The van der Waals surface area contributed by atoms with E-state index in [9.17, 15) is 4.79 Å². The molecule has 0 aliphatic heterocycles. The Morgan fingerprint density at radius 2 is 1.94 bits per heavy atom. The number of para-hydroxylation sites is 1. The lowest BCUT2D eigenvalue weighted by Gasteiger charge is -2.21. The van der Waals surface area contributed by atoms with Gasteiger partial charge in [0.15, 0.2) is 0 Å². The van der Waals surface area contributed by atoms with Gasteiger partial charge < -0.3 is 16.2 Å². The lowest BCUT2D eigenvalue weighted by atomic mass is 9.99. The van der Waals surface area contributed by atoms with Crippen molar-refractivity contribution in [3.8, 4) is 5.75 Å². The molecule has 1 aromatic carbocycles. The molecule has 0 saturated heterocycles. The van der Waals surface area contributed by atoms with Crippen molar-refractivity contribution in [1.82, 2.24) is 0 Å². The molecule has 4 nitrogen and oxygen atoms in total. The maximum atomic E-state index is 11.8. The van der Waals surface area contributed by atoms with Gasteiger partial charge in [0.1, 0.15) is 5.75 Å². The van der Waals surface area contributed by atoms with Crippen LogP contribution in [0, 0.1) is 0 Å². The van der Waals surface area contributed by atoms with Crippen LogP contribution >= 0.6 is 0 Å². The first-order valence-corrected chi connectivity index (χ1v) is 5.31. The number of nitrogens with two attached hydrogens (primary N) is 2. The van der Waals surface area contributed by atoms with Crippen LogP contribution in [-0.2, 0) is 4.79 Å². The summed E-state index contributed by atoms with van der Waals surface area (Å²) in [6.45, 7) is 0. The Bertz CT molecular complexity index is 475. The summed E-state index contributed by atoms with van der Waals surface area (Å²) >= 11 is 0. The van der Waals surface area contributed by atoms with Gasteiger partial charge in [-0.05, 0) is 24.3 Å². The maximum Gasteiger partial charge on any atom is 0.343 e. The topological polar surface area (TPSA) is 78.3 Å². The zero-order chi connectivity index (χ0) is 12.3. The van der Waals surface area contributed by atoms with Gasteiger partial charge in [0, 0.05) is 6.42 Å². The van der Waals surface area contributed by atoms with Gasteiger partial charge in [-0.15, -0.1) is 0 Å². The van der Waals surface area contributed by atoms with Gasteiger partial charge in [0.25, 0.3) is 0 Å². The lowest BCUT2D eigenvalue weighted by molar-refractivity contribution is -0.129. The Morgan fingerprint density at radius 3 is 2.53 bits per heavy atom. The third-order valence-electron chi connectivity index (χ3n) is 2.44. The molecule has 4 heteroatoms. The van der Waals surface area contributed by atoms with Gasteiger partial charge in [0.2, 0.25) is 0 Å². The van der Waals surface area contributed by atoms with E-state index >= 15 is 0 Å². The Kier molecular flexibility index (Phi) is 3.08. The standard InChI is InChI=1S/C13H14N2O2/c14-13(15)8-6-10(7-9-13)12(16)17-11-4-2-1-3-5-11/h1-8H,9,14-15H2. The van der Waals surface area contributed by atoms with E-state index in [2.05, 4.69) is 0 Å². The Hall–Kier alpha value is -1.91. The molecule has 1 aliphatic carbocycles. The molecule has 88 valence electrons. The smallest absolute Gasteiger partial charge is 0.343 e. The first-order chi connectivity index (χ1) is 8.07. The fraction of sp³-hybridized carbons (Fsp3) is 0.154. The van der Waals surface area contributed by atoms with Crippen molar-refractivity contribution in [2.45, 2.75) is 12.1 Å². The van der Waals surface area contributed by atoms with Gasteiger partial charge in [-0.1, -0.05) is 24.3 Å². The molecule has 2 rings (SSSR count). The van der Waals surface area contributed by atoms with Crippen LogP contribution in [0.4, 0.5) is 0 Å². The fourth-order valence-electron chi connectivity index (χ4n) is 1.47. The molecule has 0 atom stereocenters. The third-order valence-corrected chi connectivity index (χ3v) is 2.44. The minimum absolute atomic E-state index is 0.400. The van der Waals surface area contributed by atoms with Crippen molar-refractivity contribution in [2.75, 3.05) is 0 Å². The molecule has 17 heavy (non-hydrogen) atoms. The van der Waals surface area contributed by atoms with Crippen LogP contribution in [0.15, 0.2) is 54.1 Å². The highest BCUT2D eigenvalue weighted by Crippen LogP contribution is 2.17.